The molecule has 0 unspecified atom stereocenters. The van der Waals surface area contributed by atoms with Gasteiger partial charge in [0.1, 0.15) is 5.57 Å². The summed E-state index contributed by atoms with van der Waals surface area (Å²) in [7, 11) is 0. The van der Waals surface area contributed by atoms with Gasteiger partial charge in [0.15, 0.2) is 5.78 Å². The molecule has 12 heavy (non-hydrogen) atoms. The zero-order chi connectivity index (χ0) is 9.56. The first-order chi connectivity index (χ1) is 5.67. The highest BCUT2D eigenvalue weighted by Crippen LogP contribution is 1.97. The van der Waals surface area contributed by atoms with E-state index in [0.29, 0.717) is 0 Å². The third kappa shape index (κ3) is 2.86. The van der Waals surface area contributed by atoms with Gasteiger partial charge >= 0.3 is 5.97 Å². The maximum Gasteiger partial charge on any atom is 0.347 e. The summed E-state index contributed by atoms with van der Waals surface area (Å²) in [6, 6.07) is 0. The number of alkyl halides is 1. The van der Waals surface area contributed by atoms with Crippen LogP contribution < -0.4 is 0 Å². The van der Waals surface area contributed by atoms with E-state index in [2.05, 4.69) is 4.74 Å². The molecule has 0 bridgehead atoms. The molecule has 0 aliphatic heterocycles. The minimum atomic E-state index is -0.911. The molecule has 0 aromatic rings. The van der Waals surface area contributed by atoms with E-state index in [1.54, 1.807) is 6.92 Å². The minimum absolute atomic E-state index is 0.125. The Morgan fingerprint density at radius 3 is 2.50 bits per heavy atom. The van der Waals surface area contributed by atoms with Crippen LogP contribution >= 0.6 is 11.6 Å². The van der Waals surface area contributed by atoms with E-state index in [4.69, 9.17) is 17.0 Å². The van der Waals surface area contributed by atoms with Crippen LogP contribution in [0.15, 0.2) is 5.57 Å². The molecular weight excluding hydrogens is 182 g/mol. The molecule has 0 aliphatic carbocycles. The zero-order valence-electron chi connectivity index (χ0n) is 6.46. The minimum Gasteiger partial charge on any atom is -0.762 e. The number of carbonyl (C=O) groups is 2. The second kappa shape index (κ2) is 5.52. The average molecular weight is 189 g/mol. The number of hydrogen-bond acceptors (Lipinski definition) is 3. The average Bonchev–Trinajstić information content (AvgIpc) is 2.06. The monoisotopic (exact) mass is 188 g/mol. The van der Waals surface area contributed by atoms with Gasteiger partial charge in [0.2, 0.25) is 0 Å². The Hall–Kier alpha value is -1.12. The van der Waals surface area contributed by atoms with Crippen molar-refractivity contribution in [1.82, 2.24) is 0 Å². The molecule has 0 atom stereocenters. The van der Waals surface area contributed by atoms with Gasteiger partial charge in [-0.2, -0.15) is 0 Å². The molecule has 0 fully saturated rings. The highest BCUT2D eigenvalue weighted by atomic mass is 35.5. The molecular formula is C7H7ClNO3-. The quantitative estimate of drug-likeness (QED) is 0.161. The standard InChI is InChI=1S/C7H7ClNO3/c1-2-12-7(11)5(4-9)6(10)3-8/h2-3H2,1H3/q-1. The van der Waals surface area contributed by atoms with Crippen molar-refractivity contribution in [3.63, 3.8) is 0 Å². The molecule has 0 radical (unpaired) electrons. The van der Waals surface area contributed by atoms with Gasteiger partial charge in [-0.25, -0.2) is 4.79 Å². The van der Waals surface area contributed by atoms with E-state index in [0.717, 1.165) is 0 Å². The number of carbonyl (C=O) groups excluding carboxylic acids is 2. The van der Waals surface area contributed by atoms with Crippen molar-refractivity contribution in [3.05, 3.63) is 11.0 Å². The van der Waals surface area contributed by atoms with Crippen LogP contribution in [0.25, 0.3) is 5.41 Å². The van der Waals surface area contributed by atoms with Crippen molar-refractivity contribution < 1.29 is 14.3 Å². The summed E-state index contributed by atoms with van der Waals surface area (Å²) >= 11 is 5.14. The van der Waals surface area contributed by atoms with Crippen molar-refractivity contribution in [2.24, 2.45) is 0 Å². The Labute approximate surface area is 74.7 Å². The first kappa shape index (κ1) is 10.9. The number of rotatable bonds is 4. The molecule has 0 aromatic carbocycles. The second-order valence-electron chi connectivity index (χ2n) is 1.76. The highest BCUT2D eigenvalue weighted by Gasteiger charge is 2.15. The molecule has 0 amide bonds. The number of nitrogens with zero attached hydrogens (tertiary/aromatic N) is 1. The van der Waals surface area contributed by atoms with Crippen molar-refractivity contribution in [3.8, 4) is 0 Å². The summed E-state index contributed by atoms with van der Waals surface area (Å²) in [5.41, 5.74) is -0.549. The molecule has 66 valence electrons. The van der Waals surface area contributed by atoms with Crippen molar-refractivity contribution >= 4 is 29.2 Å². The molecule has 5 heteroatoms. The van der Waals surface area contributed by atoms with Crippen molar-refractivity contribution in [1.29, 1.82) is 0 Å². The number of halogens is 1. The van der Waals surface area contributed by atoms with Crippen LogP contribution in [-0.2, 0) is 14.3 Å². The van der Waals surface area contributed by atoms with E-state index in [1.807, 2.05) is 0 Å². The predicted molar refractivity (Wildman–Crippen MR) is 44.2 cm³/mol. The third-order valence-electron chi connectivity index (χ3n) is 0.992. The van der Waals surface area contributed by atoms with Crippen LogP contribution in [0.4, 0.5) is 0 Å². The lowest BCUT2D eigenvalue weighted by Gasteiger charge is -2.02. The van der Waals surface area contributed by atoms with Gasteiger partial charge in [-0.1, -0.05) is 0 Å². The van der Waals surface area contributed by atoms with Crippen LogP contribution in [0.5, 0.6) is 0 Å². The van der Waals surface area contributed by atoms with E-state index < -0.39 is 17.3 Å². The number of ether oxygens (including phenoxy) is 1. The first-order valence-corrected chi connectivity index (χ1v) is 3.74. The summed E-state index contributed by atoms with van der Waals surface area (Å²) in [5.74, 6) is -0.564. The third-order valence-corrected chi connectivity index (χ3v) is 1.23. The Morgan fingerprint density at radius 2 is 2.17 bits per heavy atom. The normalized spacial score (nSPS) is 8.50. The fourth-order valence-electron chi connectivity index (χ4n) is 0.492. The fraction of sp³-hybridized carbons (Fsp3) is 0.429. The summed E-state index contributed by atoms with van der Waals surface area (Å²) < 4.78 is 4.44. The van der Waals surface area contributed by atoms with Crippen LogP contribution in [-0.4, -0.2) is 30.1 Å². The van der Waals surface area contributed by atoms with Crippen LogP contribution in [0.3, 0.4) is 0 Å². The summed E-state index contributed by atoms with van der Waals surface area (Å²) in [6.07, 6.45) is 0. The van der Waals surface area contributed by atoms with E-state index in [9.17, 15) is 9.59 Å². The first-order valence-electron chi connectivity index (χ1n) is 3.20. The van der Waals surface area contributed by atoms with E-state index in [-0.39, 0.29) is 12.5 Å². The molecule has 0 saturated heterocycles. The van der Waals surface area contributed by atoms with Gasteiger partial charge in [0, 0.05) is 0 Å². The van der Waals surface area contributed by atoms with Gasteiger partial charge in [0.25, 0.3) is 0 Å². The number of hydrogen-bond donors (Lipinski definition) is 0. The number of ketones is 1. The Morgan fingerprint density at radius 1 is 1.58 bits per heavy atom. The van der Waals surface area contributed by atoms with Crippen LogP contribution in [0.1, 0.15) is 6.92 Å². The number of Topliss-reactive ketones (excluding diaryl/α,β-unsaturated/α-hetero) is 1. The lowest BCUT2D eigenvalue weighted by molar-refractivity contribution is -0.139. The largest absolute Gasteiger partial charge is 0.762 e. The highest BCUT2D eigenvalue weighted by molar-refractivity contribution is 6.37. The second-order valence-corrected chi connectivity index (χ2v) is 2.03. The van der Waals surface area contributed by atoms with Gasteiger partial charge in [-0.15, -0.1) is 11.6 Å². The molecule has 0 aromatic heterocycles. The SMILES string of the molecule is CCOC(=O)C(=C=[N-])C(=O)CCl. The van der Waals surface area contributed by atoms with Gasteiger partial charge in [-0.05, 0) is 6.92 Å². The molecule has 0 rings (SSSR count). The van der Waals surface area contributed by atoms with Crippen LogP contribution in [0.2, 0.25) is 0 Å². The Bertz CT molecular complexity index is 243. The van der Waals surface area contributed by atoms with Crippen LogP contribution in [0, 0.1) is 0 Å². The molecule has 0 heterocycles. The lowest BCUT2D eigenvalue weighted by Crippen LogP contribution is -2.17. The predicted octanol–water partition coefficient (Wildman–Crippen LogP) is 0.523. The summed E-state index contributed by atoms with van der Waals surface area (Å²) in [4.78, 5) is 21.6. The smallest absolute Gasteiger partial charge is 0.347 e. The van der Waals surface area contributed by atoms with Gasteiger partial charge < -0.3 is 10.1 Å². The molecule has 0 saturated carbocycles. The summed E-state index contributed by atoms with van der Waals surface area (Å²) in [6.45, 7) is 1.71. The maximum absolute atomic E-state index is 10.8. The van der Waals surface area contributed by atoms with Crippen molar-refractivity contribution in [2.45, 2.75) is 6.92 Å². The van der Waals surface area contributed by atoms with Crippen molar-refractivity contribution in [2.75, 3.05) is 12.5 Å². The summed E-state index contributed by atoms with van der Waals surface area (Å²) in [5, 5.41) is 8.36. The molecule has 4 nitrogen and oxygen atoms in total. The number of esters is 1. The zero-order valence-corrected chi connectivity index (χ0v) is 7.22. The molecule has 0 aliphatic rings. The van der Waals surface area contributed by atoms with E-state index >= 15 is 0 Å². The van der Waals surface area contributed by atoms with Gasteiger partial charge in [0.05, 0.1) is 12.5 Å². The maximum atomic E-state index is 10.8. The topological polar surface area (TPSA) is 65.7 Å². The Balaban J connectivity index is 4.48. The lowest BCUT2D eigenvalue weighted by atomic mass is 10.2. The van der Waals surface area contributed by atoms with E-state index in [1.165, 1.54) is 5.87 Å². The van der Waals surface area contributed by atoms with Gasteiger partial charge in [-0.3, -0.25) is 10.7 Å². The molecule has 0 spiro atoms. The molecule has 0 N–H and O–H groups in total. The Kier molecular flexibility index (Phi) is 5.00. The fourth-order valence-corrected chi connectivity index (χ4v) is 0.626.